The van der Waals surface area contributed by atoms with Gasteiger partial charge in [0.1, 0.15) is 11.6 Å². The molecule has 17 heavy (non-hydrogen) atoms. The van der Waals surface area contributed by atoms with Gasteiger partial charge < -0.3 is 10.1 Å². The average Bonchev–Trinajstić information content (AvgIpc) is 2.24. The van der Waals surface area contributed by atoms with Crippen molar-refractivity contribution in [3.63, 3.8) is 0 Å². The second kappa shape index (κ2) is 5.50. The molecule has 0 amide bonds. The number of methoxy groups -OCH3 is 1. The van der Waals surface area contributed by atoms with E-state index in [1.807, 2.05) is 6.92 Å². The summed E-state index contributed by atoms with van der Waals surface area (Å²) in [6, 6.07) is 4.73. The standard InChI is InChI=1S/C14H22FNO/c1-6-16-13(14(2,3)4)11-9-10(15)7-8-12(11)17-5/h7-9,13,16H,6H2,1-5H3. The van der Waals surface area contributed by atoms with Crippen LogP contribution in [0.15, 0.2) is 18.2 Å². The van der Waals surface area contributed by atoms with Gasteiger partial charge in [0, 0.05) is 11.6 Å². The van der Waals surface area contributed by atoms with Gasteiger partial charge in [0.2, 0.25) is 0 Å². The van der Waals surface area contributed by atoms with Gasteiger partial charge in [0.25, 0.3) is 0 Å². The summed E-state index contributed by atoms with van der Waals surface area (Å²) in [7, 11) is 1.61. The van der Waals surface area contributed by atoms with Gasteiger partial charge in [-0.15, -0.1) is 0 Å². The molecule has 0 bridgehead atoms. The number of hydrogen-bond acceptors (Lipinski definition) is 2. The quantitative estimate of drug-likeness (QED) is 0.868. The summed E-state index contributed by atoms with van der Waals surface area (Å²) < 4.78 is 18.7. The van der Waals surface area contributed by atoms with Crippen LogP contribution in [0.25, 0.3) is 0 Å². The third-order valence-corrected chi connectivity index (χ3v) is 2.78. The van der Waals surface area contributed by atoms with E-state index in [0.29, 0.717) is 0 Å². The van der Waals surface area contributed by atoms with E-state index in [2.05, 4.69) is 26.1 Å². The minimum atomic E-state index is -0.229. The summed E-state index contributed by atoms with van der Waals surface area (Å²) >= 11 is 0. The predicted molar refractivity (Wildman–Crippen MR) is 68.8 cm³/mol. The highest BCUT2D eigenvalue weighted by Gasteiger charge is 2.28. The number of hydrogen-bond donors (Lipinski definition) is 1. The van der Waals surface area contributed by atoms with Crippen LogP contribution in [0.2, 0.25) is 0 Å². The number of benzene rings is 1. The lowest BCUT2D eigenvalue weighted by Gasteiger charge is -2.32. The van der Waals surface area contributed by atoms with Crippen LogP contribution >= 0.6 is 0 Å². The van der Waals surface area contributed by atoms with Crippen LogP contribution in [-0.4, -0.2) is 13.7 Å². The molecule has 1 rings (SSSR count). The van der Waals surface area contributed by atoms with E-state index in [1.54, 1.807) is 19.2 Å². The fourth-order valence-electron chi connectivity index (χ4n) is 2.02. The summed E-state index contributed by atoms with van der Waals surface area (Å²) in [5, 5.41) is 3.39. The first kappa shape index (κ1) is 14.0. The molecule has 96 valence electrons. The van der Waals surface area contributed by atoms with Crippen molar-refractivity contribution in [2.24, 2.45) is 5.41 Å². The summed E-state index contributed by atoms with van der Waals surface area (Å²) in [4.78, 5) is 0. The Morgan fingerprint density at radius 1 is 1.35 bits per heavy atom. The van der Waals surface area contributed by atoms with E-state index in [1.165, 1.54) is 6.07 Å². The summed E-state index contributed by atoms with van der Waals surface area (Å²) in [6.45, 7) is 9.27. The highest BCUT2D eigenvalue weighted by atomic mass is 19.1. The van der Waals surface area contributed by atoms with Crippen LogP contribution in [0.3, 0.4) is 0 Å². The fraction of sp³-hybridized carbons (Fsp3) is 0.571. The Labute approximate surface area is 103 Å². The highest BCUT2D eigenvalue weighted by Crippen LogP contribution is 2.37. The topological polar surface area (TPSA) is 21.3 Å². The van der Waals surface area contributed by atoms with Crippen LogP contribution in [0.4, 0.5) is 4.39 Å². The van der Waals surface area contributed by atoms with Crippen LogP contribution in [0, 0.1) is 11.2 Å². The Morgan fingerprint density at radius 2 is 2.00 bits per heavy atom. The molecule has 0 aromatic heterocycles. The molecule has 0 heterocycles. The van der Waals surface area contributed by atoms with E-state index in [9.17, 15) is 4.39 Å². The van der Waals surface area contributed by atoms with Crippen molar-refractivity contribution in [2.45, 2.75) is 33.7 Å². The second-order valence-electron chi connectivity index (χ2n) is 5.24. The van der Waals surface area contributed by atoms with Gasteiger partial charge in [-0.05, 0) is 30.2 Å². The Kier molecular flexibility index (Phi) is 4.52. The van der Waals surface area contributed by atoms with Crippen LogP contribution in [-0.2, 0) is 0 Å². The van der Waals surface area contributed by atoms with Crippen molar-refractivity contribution >= 4 is 0 Å². The highest BCUT2D eigenvalue weighted by molar-refractivity contribution is 5.37. The normalized spacial score (nSPS) is 13.5. The largest absolute Gasteiger partial charge is 0.496 e. The molecule has 1 unspecified atom stereocenters. The molecule has 2 nitrogen and oxygen atoms in total. The van der Waals surface area contributed by atoms with Crippen LogP contribution < -0.4 is 10.1 Å². The monoisotopic (exact) mass is 239 g/mol. The Hall–Kier alpha value is -1.09. The summed E-state index contributed by atoms with van der Waals surface area (Å²) in [5.41, 5.74) is 0.874. The third kappa shape index (κ3) is 3.43. The molecule has 1 aromatic carbocycles. The van der Waals surface area contributed by atoms with Crippen molar-refractivity contribution in [2.75, 3.05) is 13.7 Å². The second-order valence-corrected chi connectivity index (χ2v) is 5.24. The van der Waals surface area contributed by atoms with Gasteiger partial charge >= 0.3 is 0 Å². The Morgan fingerprint density at radius 3 is 2.47 bits per heavy atom. The number of rotatable bonds is 4. The molecule has 0 spiro atoms. The first-order valence-electron chi connectivity index (χ1n) is 5.97. The molecule has 0 fully saturated rings. The maximum atomic E-state index is 13.4. The lowest BCUT2D eigenvalue weighted by Crippen LogP contribution is -2.32. The minimum Gasteiger partial charge on any atom is -0.496 e. The minimum absolute atomic E-state index is 0.00289. The molecular formula is C14H22FNO. The maximum Gasteiger partial charge on any atom is 0.123 e. The van der Waals surface area contributed by atoms with Crippen molar-refractivity contribution < 1.29 is 9.13 Å². The molecular weight excluding hydrogens is 217 g/mol. The maximum absolute atomic E-state index is 13.4. The molecule has 0 saturated heterocycles. The molecule has 0 aliphatic heterocycles. The predicted octanol–water partition coefficient (Wildman–Crippen LogP) is 3.53. The van der Waals surface area contributed by atoms with Gasteiger partial charge in [-0.2, -0.15) is 0 Å². The van der Waals surface area contributed by atoms with Gasteiger partial charge in [0.15, 0.2) is 0 Å². The lowest BCUT2D eigenvalue weighted by molar-refractivity contribution is 0.267. The van der Waals surface area contributed by atoms with Crippen molar-refractivity contribution in [1.82, 2.24) is 5.32 Å². The Balaban J connectivity index is 3.21. The van der Waals surface area contributed by atoms with E-state index >= 15 is 0 Å². The number of halogens is 1. The Bertz CT molecular complexity index is 371. The number of nitrogens with one attached hydrogen (secondary N) is 1. The van der Waals surface area contributed by atoms with E-state index in [4.69, 9.17) is 4.74 Å². The van der Waals surface area contributed by atoms with Gasteiger partial charge in [0.05, 0.1) is 7.11 Å². The summed E-state index contributed by atoms with van der Waals surface area (Å²) in [6.07, 6.45) is 0. The zero-order chi connectivity index (χ0) is 13.1. The van der Waals surface area contributed by atoms with E-state index in [-0.39, 0.29) is 17.3 Å². The van der Waals surface area contributed by atoms with Gasteiger partial charge in [-0.25, -0.2) is 4.39 Å². The molecule has 3 heteroatoms. The van der Waals surface area contributed by atoms with Crippen molar-refractivity contribution in [3.05, 3.63) is 29.6 Å². The molecule has 0 aliphatic rings. The van der Waals surface area contributed by atoms with Gasteiger partial charge in [-0.1, -0.05) is 27.7 Å². The zero-order valence-corrected chi connectivity index (χ0v) is 11.3. The SMILES string of the molecule is CCNC(c1cc(F)ccc1OC)C(C)(C)C. The molecule has 1 atom stereocenters. The van der Waals surface area contributed by atoms with Crippen molar-refractivity contribution in [1.29, 1.82) is 0 Å². The average molecular weight is 239 g/mol. The zero-order valence-electron chi connectivity index (χ0n) is 11.3. The molecule has 1 N–H and O–H groups in total. The van der Waals surface area contributed by atoms with Crippen LogP contribution in [0.1, 0.15) is 39.3 Å². The molecule has 1 aromatic rings. The summed E-state index contributed by atoms with van der Waals surface area (Å²) in [5.74, 6) is 0.500. The van der Waals surface area contributed by atoms with Gasteiger partial charge in [-0.3, -0.25) is 0 Å². The van der Waals surface area contributed by atoms with E-state index in [0.717, 1.165) is 17.9 Å². The fourth-order valence-corrected chi connectivity index (χ4v) is 2.02. The first-order valence-corrected chi connectivity index (χ1v) is 5.97. The lowest BCUT2D eigenvalue weighted by atomic mass is 9.82. The van der Waals surface area contributed by atoms with Crippen molar-refractivity contribution in [3.8, 4) is 5.75 Å². The van der Waals surface area contributed by atoms with E-state index < -0.39 is 0 Å². The smallest absolute Gasteiger partial charge is 0.123 e. The third-order valence-electron chi connectivity index (χ3n) is 2.78. The molecule has 0 radical (unpaired) electrons. The first-order chi connectivity index (χ1) is 7.90. The molecule has 0 saturated carbocycles. The number of ether oxygens (including phenoxy) is 1. The van der Waals surface area contributed by atoms with Crippen LogP contribution in [0.5, 0.6) is 5.75 Å². The molecule has 0 aliphatic carbocycles.